The van der Waals surface area contributed by atoms with E-state index in [1.54, 1.807) is 0 Å². The molecular formula is C14H21NO5S. The summed E-state index contributed by atoms with van der Waals surface area (Å²) in [7, 11) is -2.42. The standard InChI is InChI=1S/C14H21NO5S/c1-10(2)4-5-20-14(16)12-6-11(9-19-3)7-13(8-12)21(15,17)18/h6-8,10H,4-5,9H2,1-3H3,(H2,15,17,18). The minimum absolute atomic E-state index is 0.132. The van der Waals surface area contributed by atoms with Gasteiger partial charge in [-0.3, -0.25) is 0 Å². The predicted octanol–water partition coefficient (Wildman–Crippen LogP) is 1.68. The van der Waals surface area contributed by atoms with Crippen molar-refractivity contribution in [1.29, 1.82) is 0 Å². The number of carbonyl (C=O) groups excluding carboxylic acids is 1. The average molecular weight is 315 g/mol. The second kappa shape index (κ2) is 7.53. The Morgan fingerprint density at radius 1 is 1.29 bits per heavy atom. The summed E-state index contributed by atoms with van der Waals surface area (Å²) in [6, 6.07) is 4.13. The molecule has 21 heavy (non-hydrogen) atoms. The number of sulfonamides is 1. The van der Waals surface area contributed by atoms with Crippen LogP contribution in [0.4, 0.5) is 0 Å². The summed E-state index contributed by atoms with van der Waals surface area (Å²) in [5.41, 5.74) is 0.692. The molecule has 1 aromatic carbocycles. The van der Waals surface area contributed by atoms with Crippen molar-refractivity contribution in [3.05, 3.63) is 29.3 Å². The fraction of sp³-hybridized carbons (Fsp3) is 0.500. The summed E-state index contributed by atoms with van der Waals surface area (Å²) in [6.07, 6.45) is 0.742. The van der Waals surface area contributed by atoms with E-state index in [1.165, 1.54) is 25.3 Å². The molecule has 7 heteroatoms. The Morgan fingerprint density at radius 2 is 1.95 bits per heavy atom. The Balaban J connectivity index is 2.99. The van der Waals surface area contributed by atoms with Crippen molar-refractivity contribution < 1.29 is 22.7 Å². The zero-order chi connectivity index (χ0) is 16.0. The maximum Gasteiger partial charge on any atom is 0.338 e. The minimum Gasteiger partial charge on any atom is -0.462 e. The number of methoxy groups -OCH3 is 1. The number of primary sulfonamides is 1. The molecule has 118 valence electrons. The van der Waals surface area contributed by atoms with E-state index >= 15 is 0 Å². The highest BCUT2D eigenvalue weighted by molar-refractivity contribution is 7.89. The molecule has 1 rings (SSSR count). The Bertz CT molecular complexity index is 595. The lowest BCUT2D eigenvalue weighted by atomic mass is 10.1. The molecule has 0 aliphatic heterocycles. The van der Waals surface area contributed by atoms with Gasteiger partial charge in [0.2, 0.25) is 10.0 Å². The van der Waals surface area contributed by atoms with Gasteiger partial charge < -0.3 is 9.47 Å². The van der Waals surface area contributed by atoms with Gasteiger partial charge in [-0.05, 0) is 36.1 Å². The lowest BCUT2D eigenvalue weighted by molar-refractivity contribution is 0.0487. The minimum atomic E-state index is -3.90. The molecule has 6 nitrogen and oxygen atoms in total. The van der Waals surface area contributed by atoms with Gasteiger partial charge in [0, 0.05) is 7.11 Å². The van der Waals surface area contributed by atoms with Gasteiger partial charge in [-0.25, -0.2) is 18.4 Å². The van der Waals surface area contributed by atoms with Crippen molar-refractivity contribution in [3.8, 4) is 0 Å². The maximum atomic E-state index is 12.0. The molecule has 0 fully saturated rings. The smallest absolute Gasteiger partial charge is 0.338 e. The molecule has 0 unspecified atom stereocenters. The third-order valence-corrected chi connectivity index (χ3v) is 3.66. The number of rotatable bonds is 7. The number of carbonyl (C=O) groups is 1. The first-order chi connectivity index (χ1) is 9.74. The van der Waals surface area contributed by atoms with E-state index in [4.69, 9.17) is 14.6 Å². The van der Waals surface area contributed by atoms with Crippen LogP contribution in [-0.4, -0.2) is 28.1 Å². The number of nitrogens with two attached hydrogens (primary N) is 1. The molecule has 0 bridgehead atoms. The summed E-state index contributed by atoms with van der Waals surface area (Å²) in [5, 5.41) is 5.11. The molecule has 0 spiro atoms. The Kier molecular flexibility index (Phi) is 6.32. The lowest BCUT2D eigenvalue weighted by Crippen LogP contribution is -2.15. The van der Waals surface area contributed by atoms with Crippen molar-refractivity contribution in [3.63, 3.8) is 0 Å². The first kappa shape index (κ1) is 17.6. The number of ether oxygens (including phenoxy) is 2. The van der Waals surface area contributed by atoms with Gasteiger partial charge in [0.1, 0.15) is 0 Å². The van der Waals surface area contributed by atoms with Crippen molar-refractivity contribution >= 4 is 16.0 Å². The van der Waals surface area contributed by atoms with E-state index in [0.717, 1.165) is 6.42 Å². The van der Waals surface area contributed by atoms with Crippen molar-refractivity contribution in [2.45, 2.75) is 31.8 Å². The van der Waals surface area contributed by atoms with Crippen LogP contribution < -0.4 is 5.14 Å². The largest absolute Gasteiger partial charge is 0.462 e. The molecule has 0 aliphatic rings. The lowest BCUT2D eigenvalue weighted by Gasteiger charge is -2.09. The van der Waals surface area contributed by atoms with Crippen LogP contribution in [0.2, 0.25) is 0 Å². The molecule has 1 aromatic rings. The Labute approximate surface area is 125 Å². The third kappa shape index (κ3) is 5.82. The number of esters is 1. The second-order valence-corrected chi connectivity index (χ2v) is 6.72. The molecule has 0 atom stereocenters. The molecule has 0 radical (unpaired) electrons. The fourth-order valence-corrected chi connectivity index (χ4v) is 2.27. The first-order valence-corrected chi connectivity index (χ1v) is 8.11. The highest BCUT2D eigenvalue weighted by atomic mass is 32.2. The highest BCUT2D eigenvalue weighted by Crippen LogP contribution is 2.16. The number of hydrogen-bond acceptors (Lipinski definition) is 5. The van der Waals surface area contributed by atoms with Gasteiger partial charge in [0.05, 0.1) is 23.7 Å². The summed E-state index contributed by atoms with van der Waals surface area (Å²) < 4.78 is 33.0. The van der Waals surface area contributed by atoms with Crippen LogP contribution in [0.1, 0.15) is 36.2 Å². The van der Waals surface area contributed by atoms with E-state index in [-0.39, 0.29) is 23.7 Å². The Morgan fingerprint density at radius 3 is 2.48 bits per heavy atom. The summed E-state index contributed by atoms with van der Waals surface area (Å²) in [6.45, 7) is 4.50. The van der Waals surface area contributed by atoms with Crippen molar-refractivity contribution in [2.75, 3.05) is 13.7 Å². The van der Waals surface area contributed by atoms with Crippen LogP contribution in [0.5, 0.6) is 0 Å². The molecule has 0 saturated heterocycles. The molecule has 0 heterocycles. The van der Waals surface area contributed by atoms with Crippen LogP contribution in [0.25, 0.3) is 0 Å². The second-order valence-electron chi connectivity index (χ2n) is 5.16. The number of benzene rings is 1. The predicted molar refractivity (Wildman–Crippen MR) is 78.3 cm³/mol. The maximum absolute atomic E-state index is 12.0. The van der Waals surface area contributed by atoms with Gasteiger partial charge in [-0.2, -0.15) is 0 Å². The number of hydrogen-bond donors (Lipinski definition) is 1. The van der Waals surface area contributed by atoms with Crippen LogP contribution in [-0.2, 0) is 26.1 Å². The summed E-state index contributed by atoms with van der Waals surface area (Å²) in [5.74, 6) is -0.156. The van der Waals surface area contributed by atoms with E-state index in [9.17, 15) is 13.2 Å². The molecule has 2 N–H and O–H groups in total. The Hall–Kier alpha value is -1.44. The molecular weight excluding hydrogens is 294 g/mol. The van der Waals surface area contributed by atoms with Gasteiger partial charge in [-0.15, -0.1) is 0 Å². The van der Waals surface area contributed by atoms with Gasteiger partial charge in [0.25, 0.3) is 0 Å². The van der Waals surface area contributed by atoms with Crippen LogP contribution >= 0.6 is 0 Å². The van der Waals surface area contributed by atoms with Crippen LogP contribution in [0.3, 0.4) is 0 Å². The first-order valence-electron chi connectivity index (χ1n) is 6.57. The molecule has 0 aliphatic carbocycles. The normalized spacial score (nSPS) is 11.7. The summed E-state index contributed by atoms with van der Waals surface area (Å²) in [4.78, 5) is 11.8. The zero-order valence-electron chi connectivity index (χ0n) is 12.5. The quantitative estimate of drug-likeness (QED) is 0.772. The third-order valence-electron chi connectivity index (χ3n) is 2.77. The van der Waals surface area contributed by atoms with Crippen LogP contribution in [0.15, 0.2) is 23.1 Å². The highest BCUT2D eigenvalue weighted by Gasteiger charge is 2.15. The SMILES string of the molecule is COCc1cc(C(=O)OCCC(C)C)cc(S(N)(=O)=O)c1. The average Bonchev–Trinajstić information content (AvgIpc) is 2.37. The van der Waals surface area contributed by atoms with E-state index in [2.05, 4.69) is 0 Å². The van der Waals surface area contributed by atoms with Gasteiger partial charge in [-0.1, -0.05) is 13.8 Å². The molecule has 0 saturated carbocycles. The molecule has 0 amide bonds. The fourth-order valence-electron chi connectivity index (χ4n) is 1.66. The van der Waals surface area contributed by atoms with E-state index in [0.29, 0.717) is 11.5 Å². The van der Waals surface area contributed by atoms with Crippen LogP contribution in [0, 0.1) is 5.92 Å². The molecule has 0 aromatic heterocycles. The zero-order valence-corrected chi connectivity index (χ0v) is 13.3. The van der Waals surface area contributed by atoms with E-state index in [1.807, 2.05) is 13.8 Å². The van der Waals surface area contributed by atoms with Crippen molar-refractivity contribution in [1.82, 2.24) is 0 Å². The monoisotopic (exact) mass is 315 g/mol. The van der Waals surface area contributed by atoms with E-state index < -0.39 is 16.0 Å². The summed E-state index contributed by atoms with van der Waals surface area (Å²) >= 11 is 0. The topological polar surface area (TPSA) is 95.7 Å². The van der Waals surface area contributed by atoms with Gasteiger partial charge >= 0.3 is 5.97 Å². The van der Waals surface area contributed by atoms with Crippen molar-refractivity contribution in [2.24, 2.45) is 11.1 Å². The van der Waals surface area contributed by atoms with Gasteiger partial charge in [0.15, 0.2) is 0 Å².